The van der Waals surface area contributed by atoms with Crippen LogP contribution in [0.1, 0.15) is 44.1 Å². The van der Waals surface area contributed by atoms with Crippen LogP contribution in [-0.4, -0.2) is 32.4 Å². The van der Waals surface area contributed by atoms with Crippen molar-refractivity contribution in [1.82, 2.24) is 15.0 Å². The summed E-state index contributed by atoms with van der Waals surface area (Å²) in [6.07, 6.45) is 8.11. The van der Waals surface area contributed by atoms with E-state index in [1.165, 1.54) is 19.3 Å². The van der Waals surface area contributed by atoms with Crippen LogP contribution in [0, 0.1) is 12.8 Å². The van der Waals surface area contributed by atoms with Gasteiger partial charge in [0, 0.05) is 31.1 Å². The number of carbonyl (C=O) groups excluding carboxylic acids is 1. The minimum absolute atomic E-state index is 0.00315. The summed E-state index contributed by atoms with van der Waals surface area (Å²) in [5, 5.41) is 3.61. The summed E-state index contributed by atoms with van der Waals surface area (Å²) >= 11 is 0. The number of sulfonamides is 1. The molecular weight excluding hydrogens is 362 g/mol. The van der Waals surface area contributed by atoms with E-state index in [2.05, 4.69) is 15.0 Å². The van der Waals surface area contributed by atoms with E-state index < -0.39 is 10.0 Å². The molecule has 0 unspecified atom stereocenters. The van der Waals surface area contributed by atoms with Crippen molar-refractivity contribution in [1.29, 1.82) is 0 Å². The summed E-state index contributed by atoms with van der Waals surface area (Å²) < 4.78 is 27.8. The molecule has 0 aliphatic heterocycles. The first-order chi connectivity index (χ1) is 13.0. The Kier molecular flexibility index (Phi) is 6.44. The third kappa shape index (κ3) is 5.26. The maximum atomic E-state index is 12.6. The first-order valence-corrected chi connectivity index (χ1v) is 11.1. The quantitative estimate of drug-likeness (QED) is 0.713. The first kappa shape index (κ1) is 19.8. The molecule has 0 radical (unpaired) electrons. The van der Waals surface area contributed by atoms with Crippen molar-refractivity contribution in [2.75, 3.05) is 13.1 Å². The van der Waals surface area contributed by atoms with Crippen molar-refractivity contribution < 1.29 is 13.2 Å². The Morgan fingerprint density at radius 2 is 1.96 bits per heavy atom. The Balaban J connectivity index is 1.54. The lowest BCUT2D eigenvalue weighted by Gasteiger charge is -2.20. The van der Waals surface area contributed by atoms with Gasteiger partial charge in [-0.3, -0.25) is 9.78 Å². The number of aromatic nitrogens is 1. The number of aryl methyl sites for hydroxylation is 1. The lowest BCUT2D eigenvalue weighted by molar-refractivity contribution is -0.122. The van der Waals surface area contributed by atoms with E-state index in [-0.39, 0.29) is 23.9 Å². The second kappa shape index (κ2) is 8.80. The molecule has 6 nitrogen and oxygen atoms in total. The fourth-order valence-corrected chi connectivity index (χ4v) is 4.86. The first-order valence-electron chi connectivity index (χ1n) is 9.57. The average Bonchev–Trinajstić information content (AvgIpc) is 2.65. The summed E-state index contributed by atoms with van der Waals surface area (Å²) in [7, 11) is -3.69. The van der Waals surface area contributed by atoms with Crippen LogP contribution in [0.25, 0.3) is 10.9 Å². The largest absolute Gasteiger partial charge is 0.355 e. The van der Waals surface area contributed by atoms with Gasteiger partial charge in [0.1, 0.15) is 4.90 Å². The summed E-state index contributed by atoms with van der Waals surface area (Å²) in [6, 6.07) is 7.02. The number of pyridine rings is 1. The normalized spacial score (nSPS) is 15.7. The van der Waals surface area contributed by atoms with Gasteiger partial charge in [-0.15, -0.1) is 0 Å². The zero-order valence-electron chi connectivity index (χ0n) is 15.7. The number of nitrogens with one attached hydrogen (secondary N) is 2. The van der Waals surface area contributed by atoms with E-state index in [1.54, 1.807) is 18.3 Å². The van der Waals surface area contributed by atoms with Gasteiger partial charge in [-0.25, -0.2) is 13.1 Å². The Morgan fingerprint density at radius 1 is 1.19 bits per heavy atom. The molecule has 1 aromatic heterocycles. The van der Waals surface area contributed by atoms with Gasteiger partial charge in [0.05, 0.1) is 5.52 Å². The van der Waals surface area contributed by atoms with Crippen LogP contribution >= 0.6 is 0 Å². The van der Waals surface area contributed by atoms with Gasteiger partial charge in [-0.2, -0.15) is 0 Å². The van der Waals surface area contributed by atoms with Gasteiger partial charge < -0.3 is 5.32 Å². The van der Waals surface area contributed by atoms with E-state index in [4.69, 9.17) is 0 Å². The fourth-order valence-electron chi connectivity index (χ4n) is 3.65. The monoisotopic (exact) mass is 389 g/mol. The highest BCUT2D eigenvalue weighted by molar-refractivity contribution is 7.89. The molecule has 1 aliphatic carbocycles. The van der Waals surface area contributed by atoms with Crippen LogP contribution in [-0.2, 0) is 14.8 Å². The number of hydrogen-bond donors (Lipinski definition) is 2. The molecule has 0 bridgehead atoms. The predicted octanol–water partition coefficient (Wildman–Crippen LogP) is 2.91. The molecule has 3 rings (SSSR count). The minimum atomic E-state index is -3.69. The molecular formula is C20H27N3O3S. The van der Waals surface area contributed by atoms with Crippen molar-refractivity contribution in [3.63, 3.8) is 0 Å². The summed E-state index contributed by atoms with van der Waals surface area (Å²) in [5.74, 6) is 0.476. The molecule has 1 saturated carbocycles. The van der Waals surface area contributed by atoms with E-state index in [0.29, 0.717) is 17.9 Å². The van der Waals surface area contributed by atoms with Crippen molar-refractivity contribution in [2.24, 2.45) is 5.92 Å². The number of rotatable bonds is 7. The van der Waals surface area contributed by atoms with Crippen LogP contribution < -0.4 is 10.0 Å². The number of benzene rings is 1. The molecule has 2 aromatic rings. The molecule has 7 heteroatoms. The maximum absolute atomic E-state index is 12.6. The molecule has 0 saturated heterocycles. The van der Waals surface area contributed by atoms with Gasteiger partial charge in [-0.05, 0) is 43.4 Å². The molecule has 27 heavy (non-hydrogen) atoms. The molecule has 146 valence electrons. The topological polar surface area (TPSA) is 88.2 Å². The molecule has 0 atom stereocenters. The van der Waals surface area contributed by atoms with Gasteiger partial charge in [-0.1, -0.05) is 31.4 Å². The third-order valence-electron chi connectivity index (χ3n) is 5.04. The molecule has 2 N–H and O–H groups in total. The Hall–Kier alpha value is -1.99. The second-order valence-electron chi connectivity index (χ2n) is 7.30. The van der Waals surface area contributed by atoms with E-state index >= 15 is 0 Å². The molecule has 0 spiro atoms. The Morgan fingerprint density at radius 3 is 2.74 bits per heavy atom. The van der Waals surface area contributed by atoms with Gasteiger partial charge in [0.15, 0.2) is 0 Å². The summed E-state index contributed by atoms with van der Waals surface area (Å²) in [4.78, 5) is 16.5. The predicted molar refractivity (Wildman–Crippen MR) is 106 cm³/mol. The molecule has 1 aromatic carbocycles. The molecule has 1 aliphatic rings. The number of para-hydroxylation sites is 1. The summed E-state index contributed by atoms with van der Waals surface area (Å²) in [5.41, 5.74) is 1.43. The zero-order chi connectivity index (χ0) is 19.3. The maximum Gasteiger partial charge on any atom is 0.242 e. The smallest absolute Gasteiger partial charge is 0.242 e. The SMILES string of the molecule is Cc1cnc2c(S(=O)(=O)NCCNC(=O)CC3CCCCC3)cccc2c1. The highest BCUT2D eigenvalue weighted by atomic mass is 32.2. The third-order valence-corrected chi connectivity index (χ3v) is 6.53. The minimum Gasteiger partial charge on any atom is -0.355 e. The highest BCUT2D eigenvalue weighted by Crippen LogP contribution is 2.26. The number of nitrogens with zero attached hydrogens (tertiary/aromatic N) is 1. The van der Waals surface area contributed by atoms with Crippen LogP contribution in [0.4, 0.5) is 0 Å². The van der Waals surface area contributed by atoms with Crippen molar-refractivity contribution in [2.45, 2.75) is 50.3 Å². The van der Waals surface area contributed by atoms with E-state index in [1.807, 2.05) is 19.1 Å². The van der Waals surface area contributed by atoms with E-state index in [0.717, 1.165) is 23.8 Å². The highest BCUT2D eigenvalue weighted by Gasteiger charge is 2.19. The number of hydrogen-bond acceptors (Lipinski definition) is 4. The van der Waals surface area contributed by atoms with Crippen LogP contribution in [0.5, 0.6) is 0 Å². The number of carbonyl (C=O) groups is 1. The Bertz CT molecular complexity index is 906. The molecule has 1 fully saturated rings. The second-order valence-corrected chi connectivity index (χ2v) is 9.03. The van der Waals surface area contributed by atoms with E-state index in [9.17, 15) is 13.2 Å². The molecule has 1 heterocycles. The zero-order valence-corrected chi connectivity index (χ0v) is 16.5. The van der Waals surface area contributed by atoms with Crippen LogP contribution in [0.15, 0.2) is 35.4 Å². The van der Waals surface area contributed by atoms with Crippen molar-refractivity contribution >= 4 is 26.8 Å². The van der Waals surface area contributed by atoms with Gasteiger partial charge >= 0.3 is 0 Å². The van der Waals surface area contributed by atoms with Gasteiger partial charge in [0.25, 0.3) is 0 Å². The number of amides is 1. The van der Waals surface area contributed by atoms with Crippen LogP contribution in [0.2, 0.25) is 0 Å². The number of fused-ring (bicyclic) bond motifs is 1. The van der Waals surface area contributed by atoms with Gasteiger partial charge in [0.2, 0.25) is 15.9 Å². The molecule has 1 amide bonds. The summed E-state index contributed by atoms with van der Waals surface area (Å²) in [6.45, 7) is 2.35. The van der Waals surface area contributed by atoms with Crippen LogP contribution in [0.3, 0.4) is 0 Å². The average molecular weight is 390 g/mol. The van der Waals surface area contributed by atoms with Crippen molar-refractivity contribution in [3.05, 3.63) is 36.0 Å². The standard InChI is InChI=1S/C20H27N3O3S/c1-15-12-17-8-5-9-18(20(17)22-14-15)27(25,26)23-11-10-21-19(24)13-16-6-3-2-4-7-16/h5,8-9,12,14,16,23H,2-4,6-7,10-11,13H2,1H3,(H,21,24). The van der Waals surface area contributed by atoms with Crippen molar-refractivity contribution in [3.8, 4) is 0 Å². The Labute approximate surface area is 160 Å². The fraction of sp³-hybridized carbons (Fsp3) is 0.500. The lowest BCUT2D eigenvalue weighted by Crippen LogP contribution is -2.35. The lowest BCUT2D eigenvalue weighted by atomic mass is 9.87.